The molecule has 0 saturated carbocycles. The summed E-state index contributed by atoms with van der Waals surface area (Å²) in [6, 6.07) is 0.318. The maximum Gasteiger partial charge on any atom is 0.308 e. The summed E-state index contributed by atoms with van der Waals surface area (Å²) in [6.45, 7) is 5.05. The average Bonchev–Trinajstić information content (AvgIpc) is 2.12. The van der Waals surface area contributed by atoms with Gasteiger partial charge >= 0.3 is 5.97 Å². The van der Waals surface area contributed by atoms with Crippen molar-refractivity contribution in [1.82, 2.24) is 4.90 Å². The Bertz CT molecular complexity index is 232. The first-order chi connectivity index (χ1) is 6.97. The predicted molar refractivity (Wildman–Crippen MR) is 57.5 cm³/mol. The molecule has 0 spiro atoms. The van der Waals surface area contributed by atoms with Crippen LogP contribution in [-0.4, -0.2) is 47.8 Å². The maximum atomic E-state index is 11.3. The molecule has 0 radical (unpaired) electrons. The van der Waals surface area contributed by atoms with E-state index >= 15 is 0 Å². The lowest BCUT2D eigenvalue weighted by Crippen LogP contribution is -2.48. The van der Waals surface area contributed by atoms with Crippen LogP contribution in [0.2, 0.25) is 0 Å². The van der Waals surface area contributed by atoms with Crippen molar-refractivity contribution in [2.45, 2.75) is 44.8 Å². The zero-order valence-corrected chi connectivity index (χ0v) is 9.82. The van der Waals surface area contributed by atoms with Gasteiger partial charge in [-0.2, -0.15) is 0 Å². The quantitative estimate of drug-likeness (QED) is 0.707. The molecular formula is C11H21NO3. The summed E-state index contributed by atoms with van der Waals surface area (Å²) in [5, 5.41) is 10.2. The van der Waals surface area contributed by atoms with Crippen LogP contribution in [0, 0.1) is 0 Å². The van der Waals surface area contributed by atoms with Crippen molar-refractivity contribution in [2.24, 2.45) is 0 Å². The van der Waals surface area contributed by atoms with Gasteiger partial charge in [-0.3, -0.25) is 4.79 Å². The summed E-state index contributed by atoms with van der Waals surface area (Å²) in [5.74, 6) is -0.295. The van der Waals surface area contributed by atoms with Gasteiger partial charge < -0.3 is 14.7 Å². The van der Waals surface area contributed by atoms with Crippen molar-refractivity contribution in [3.8, 4) is 0 Å². The molecule has 0 aromatic carbocycles. The first-order valence-electron chi connectivity index (χ1n) is 5.55. The fourth-order valence-corrected chi connectivity index (χ4v) is 2.05. The SMILES string of the molecule is CCOC(=O)CC1(O)CCN(C)C(C)C1. The van der Waals surface area contributed by atoms with Crippen LogP contribution in [0.5, 0.6) is 0 Å². The van der Waals surface area contributed by atoms with E-state index in [1.165, 1.54) is 0 Å². The van der Waals surface area contributed by atoms with Crippen molar-refractivity contribution in [1.29, 1.82) is 0 Å². The molecule has 1 aliphatic heterocycles. The van der Waals surface area contributed by atoms with Crippen LogP contribution in [0.4, 0.5) is 0 Å². The Morgan fingerprint density at radius 1 is 1.67 bits per heavy atom. The molecule has 1 heterocycles. The summed E-state index contributed by atoms with van der Waals surface area (Å²) in [5.41, 5.74) is -0.863. The topological polar surface area (TPSA) is 49.8 Å². The second kappa shape index (κ2) is 4.94. The van der Waals surface area contributed by atoms with Gasteiger partial charge in [0.1, 0.15) is 0 Å². The van der Waals surface area contributed by atoms with Crippen LogP contribution < -0.4 is 0 Å². The minimum atomic E-state index is -0.863. The van der Waals surface area contributed by atoms with E-state index in [9.17, 15) is 9.90 Å². The third-order valence-electron chi connectivity index (χ3n) is 3.14. The Morgan fingerprint density at radius 2 is 2.33 bits per heavy atom. The van der Waals surface area contributed by atoms with Crippen LogP contribution in [0.15, 0.2) is 0 Å². The fraction of sp³-hybridized carbons (Fsp3) is 0.909. The normalized spacial score (nSPS) is 32.7. The van der Waals surface area contributed by atoms with E-state index in [0.717, 1.165) is 6.54 Å². The molecule has 2 unspecified atom stereocenters. The van der Waals surface area contributed by atoms with Crippen LogP contribution in [0.1, 0.15) is 33.1 Å². The molecule has 0 aliphatic carbocycles. The van der Waals surface area contributed by atoms with Gasteiger partial charge in [0.2, 0.25) is 0 Å². The Morgan fingerprint density at radius 3 is 2.87 bits per heavy atom. The lowest BCUT2D eigenvalue weighted by Gasteiger charge is -2.40. The highest BCUT2D eigenvalue weighted by Gasteiger charge is 2.37. The van der Waals surface area contributed by atoms with E-state index < -0.39 is 5.60 Å². The Labute approximate surface area is 91.2 Å². The molecule has 1 N–H and O–H groups in total. The molecule has 1 aliphatic rings. The Balaban J connectivity index is 2.49. The van der Waals surface area contributed by atoms with Gasteiger partial charge in [-0.15, -0.1) is 0 Å². The highest BCUT2D eigenvalue weighted by Crippen LogP contribution is 2.29. The lowest BCUT2D eigenvalue weighted by molar-refractivity contribution is -0.151. The maximum absolute atomic E-state index is 11.3. The van der Waals surface area contributed by atoms with E-state index in [0.29, 0.717) is 25.5 Å². The zero-order valence-electron chi connectivity index (χ0n) is 9.82. The van der Waals surface area contributed by atoms with Crippen molar-refractivity contribution in [2.75, 3.05) is 20.2 Å². The number of aliphatic hydroxyl groups is 1. The first-order valence-corrected chi connectivity index (χ1v) is 5.55. The minimum Gasteiger partial charge on any atom is -0.466 e. The van der Waals surface area contributed by atoms with Crippen molar-refractivity contribution in [3.63, 3.8) is 0 Å². The number of ether oxygens (including phenoxy) is 1. The zero-order chi connectivity index (χ0) is 11.5. The number of rotatable bonds is 3. The molecule has 0 bridgehead atoms. The van der Waals surface area contributed by atoms with Crippen molar-refractivity contribution < 1.29 is 14.6 Å². The number of carbonyl (C=O) groups is 1. The Hall–Kier alpha value is -0.610. The molecule has 0 aromatic heterocycles. The summed E-state index contributed by atoms with van der Waals surface area (Å²) < 4.78 is 4.86. The molecule has 1 rings (SSSR count). The van der Waals surface area contributed by atoms with Gasteiger partial charge in [-0.25, -0.2) is 0 Å². The fourth-order valence-electron chi connectivity index (χ4n) is 2.05. The highest BCUT2D eigenvalue weighted by molar-refractivity contribution is 5.70. The third-order valence-corrected chi connectivity index (χ3v) is 3.14. The molecule has 0 aromatic rings. The monoisotopic (exact) mass is 215 g/mol. The van der Waals surface area contributed by atoms with Gasteiger partial charge in [0.25, 0.3) is 0 Å². The number of hydrogen-bond donors (Lipinski definition) is 1. The van der Waals surface area contributed by atoms with Gasteiger partial charge in [-0.05, 0) is 33.7 Å². The van der Waals surface area contributed by atoms with Crippen molar-refractivity contribution in [3.05, 3.63) is 0 Å². The molecule has 0 amide bonds. The molecule has 1 fully saturated rings. The molecule has 88 valence electrons. The number of hydrogen-bond acceptors (Lipinski definition) is 4. The molecule has 4 heteroatoms. The molecule has 2 atom stereocenters. The number of piperidine rings is 1. The first kappa shape index (κ1) is 12.5. The van der Waals surface area contributed by atoms with Crippen molar-refractivity contribution >= 4 is 5.97 Å². The van der Waals surface area contributed by atoms with Gasteiger partial charge in [0.15, 0.2) is 0 Å². The molecule has 4 nitrogen and oxygen atoms in total. The standard InChI is InChI=1S/C11H21NO3/c1-4-15-10(13)8-11(14)5-6-12(3)9(2)7-11/h9,14H,4-8H2,1-3H3. The average molecular weight is 215 g/mol. The van der Waals surface area contributed by atoms with Crippen LogP contribution in [0.3, 0.4) is 0 Å². The lowest BCUT2D eigenvalue weighted by atomic mass is 9.84. The largest absolute Gasteiger partial charge is 0.466 e. The Kier molecular flexibility index (Phi) is 4.11. The predicted octanol–water partition coefficient (Wildman–Crippen LogP) is 0.785. The molecule has 15 heavy (non-hydrogen) atoms. The minimum absolute atomic E-state index is 0.124. The van der Waals surface area contributed by atoms with Gasteiger partial charge in [0, 0.05) is 12.6 Å². The molecular weight excluding hydrogens is 194 g/mol. The molecule has 1 saturated heterocycles. The smallest absolute Gasteiger partial charge is 0.308 e. The number of likely N-dealkylation sites (tertiary alicyclic amines) is 1. The van der Waals surface area contributed by atoms with Crippen LogP contribution >= 0.6 is 0 Å². The summed E-state index contributed by atoms with van der Waals surface area (Å²) in [6.07, 6.45) is 1.41. The van der Waals surface area contributed by atoms with Gasteiger partial charge in [0.05, 0.1) is 18.6 Å². The highest BCUT2D eigenvalue weighted by atomic mass is 16.5. The van der Waals surface area contributed by atoms with Crippen LogP contribution in [0.25, 0.3) is 0 Å². The summed E-state index contributed by atoms with van der Waals surface area (Å²) in [4.78, 5) is 13.5. The third kappa shape index (κ3) is 3.47. The number of nitrogens with zero attached hydrogens (tertiary/aromatic N) is 1. The number of carbonyl (C=O) groups excluding carboxylic acids is 1. The van der Waals surface area contributed by atoms with E-state index in [4.69, 9.17) is 4.74 Å². The van der Waals surface area contributed by atoms with Gasteiger partial charge in [-0.1, -0.05) is 0 Å². The second-order valence-corrected chi connectivity index (χ2v) is 4.49. The number of esters is 1. The summed E-state index contributed by atoms with van der Waals surface area (Å²) >= 11 is 0. The van der Waals surface area contributed by atoms with E-state index in [1.54, 1.807) is 6.92 Å². The van der Waals surface area contributed by atoms with E-state index in [1.807, 2.05) is 7.05 Å². The van der Waals surface area contributed by atoms with E-state index in [-0.39, 0.29) is 12.4 Å². The van der Waals surface area contributed by atoms with Crippen LogP contribution in [-0.2, 0) is 9.53 Å². The van der Waals surface area contributed by atoms with E-state index in [2.05, 4.69) is 11.8 Å². The summed E-state index contributed by atoms with van der Waals surface area (Å²) in [7, 11) is 2.04. The second-order valence-electron chi connectivity index (χ2n) is 4.49.